The Morgan fingerprint density at radius 1 is 1.14 bits per heavy atom. The zero-order valence-electron chi connectivity index (χ0n) is 15.8. The maximum Gasteiger partial charge on any atom is 0.240 e. The molecule has 1 heterocycles. The summed E-state index contributed by atoms with van der Waals surface area (Å²) in [6.07, 6.45) is 1.14. The number of hydrogen-bond donors (Lipinski definition) is 2. The third kappa shape index (κ3) is 4.28. The molecule has 2 aromatic carbocycles. The van der Waals surface area contributed by atoms with Crippen molar-refractivity contribution >= 4 is 58.6 Å². The van der Waals surface area contributed by atoms with Gasteiger partial charge in [-0.1, -0.05) is 13.8 Å². The number of hydrogen-bond acceptors (Lipinski definition) is 5. The van der Waals surface area contributed by atoms with Crippen molar-refractivity contribution in [2.24, 2.45) is 0 Å². The van der Waals surface area contributed by atoms with Gasteiger partial charge in [-0.25, -0.2) is 13.1 Å². The lowest BCUT2D eigenvalue weighted by molar-refractivity contribution is 0.103. The van der Waals surface area contributed by atoms with Crippen molar-refractivity contribution in [1.29, 1.82) is 0 Å². The first-order valence-electron chi connectivity index (χ1n) is 8.97. The van der Waals surface area contributed by atoms with E-state index in [-0.39, 0.29) is 16.4 Å². The average Bonchev–Trinajstić information content (AvgIpc) is 3.07. The number of nitrogens with one attached hydrogen (secondary N) is 1. The summed E-state index contributed by atoms with van der Waals surface area (Å²) in [6, 6.07) is 7.57. The van der Waals surface area contributed by atoms with Crippen molar-refractivity contribution in [1.82, 2.24) is 4.72 Å². The van der Waals surface area contributed by atoms with Gasteiger partial charge in [-0.2, -0.15) is 0 Å². The van der Waals surface area contributed by atoms with Crippen LogP contribution >= 0.6 is 31.9 Å². The van der Waals surface area contributed by atoms with Crippen LogP contribution in [-0.2, 0) is 16.4 Å². The van der Waals surface area contributed by atoms with Gasteiger partial charge in [-0.3, -0.25) is 4.79 Å². The maximum absolute atomic E-state index is 13.2. The van der Waals surface area contributed by atoms with Gasteiger partial charge in [0.2, 0.25) is 10.0 Å². The predicted molar refractivity (Wildman–Crippen MR) is 118 cm³/mol. The molecule has 0 aliphatic carbocycles. The molecule has 0 aliphatic rings. The number of aryl methyl sites for hydroxylation is 1. The van der Waals surface area contributed by atoms with Gasteiger partial charge in [0.1, 0.15) is 17.1 Å². The molecule has 9 heteroatoms. The number of benzene rings is 2. The highest BCUT2D eigenvalue weighted by Crippen LogP contribution is 2.36. The maximum atomic E-state index is 13.2. The van der Waals surface area contributed by atoms with Crippen LogP contribution in [0.3, 0.4) is 0 Å². The molecule has 0 unspecified atom stereocenters. The number of halogens is 2. The first-order valence-corrected chi connectivity index (χ1v) is 12.0. The van der Waals surface area contributed by atoms with Crippen molar-refractivity contribution in [2.45, 2.75) is 31.6 Å². The Kier molecular flexibility index (Phi) is 6.52. The van der Waals surface area contributed by atoms with Crippen molar-refractivity contribution in [3.63, 3.8) is 0 Å². The normalized spacial score (nSPS) is 11.9. The molecule has 3 rings (SSSR count). The average molecular weight is 545 g/mol. The number of furan rings is 1. The van der Waals surface area contributed by atoms with Crippen LogP contribution in [0.2, 0.25) is 0 Å². The van der Waals surface area contributed by atoms with Crippen molar-refractivity contribution < 1.29 is 22.7 Å². The highest BCUT2D eigenvalue weighted by atomic mass is 79.9. The summed E-state index contributed by atoms with van der Waals surface area (Å²) in [4.78, 5) is 13.3. The number of ketones is 1. The van der Waals surface area contributed by atoms with Gasteiger partial charge >= 0.3 is 0 Å². The standard InChI is InChI=1S/C20H19Br2NO5S/c1-3-7-23-29(26,27)12-5-6-13-17(10-12)28-16(4-2)18(13)19(24)11-8-14(21)20(25)15(22)9-11/h5-6,8-10,23,25H,3-4,7H2,1-2H3. The lowest BCUT2D eigenvalue weighted by Crippen LogP contribution is -2.24. The fourth-order valence-electron chi connectivity index (χ4n) is 2.95. The molecule has 0 fully saturated rings. The van der Waals surface area contributed by atoms with Crippen LogP contribution in [0.4, 0.5) is 0 Å². The highest BCUT2D eigenvalue weighted by molar-refractivity contribution is 9.11. The number of phenols is 1. The smallest absolute Gasteiger partial charge is 0.240 e. The fraction of sp³-hybridized carbons (Fsp3) is 0.250. The van der Waals surface area contributed by atoms with E-state index in [1.54, 1.807) is 6.07 Å². The Morgan fingerprint density at radius 3 is 2.38 bits per heavy atom. The number of carbonyl (C=O) groups is 1. The van der Waals surface area contributed by atoms with Crippen LogP contribution in [0.25, 0.3) is 11.0 Å². The zero-order chi connectivity index (χ0) is 21.3. The lowest BCUT2D eigenvalue weighted by Gasteiger charge is -2.07. The minimum atomic E-state index is -3.65. The van der Waals surface area contributed by atoms with E-state index < -0.39 is 10.0 Å². The molecule has 2 N–H and O–H groups in total. The second kappa shape index (κ2) is 8.59. The van der Waals surface area contributed by atoms with Gasteiger partial charge in [-0.15, -0.1) is 0 Å². The molecule has 0 spiro atoms. The molecule has 0 amide bonds. The monoisotopic (exact) mass is 543 g/mol. The first-order chi connectivity index (χ1) is 13.7. The Bertz CT molecular complexity index is 1180. The van der Waals surface area contributed by atoms with Gasteiger partial charge in [0.05, 0.1) is 19.4 Å². The molecule has 6 nitrogen and oxygen atoms in total. The summed E-state index contributed by atoms with van der Waals surface area (Å²) in [6.45, 7) is 4.08. The van der Waals surface area contributed by atoms with E-state index in [1.165, 1.54) is 24.3 Å². The number of aromatic hydroxyl groups is 1. The van der Waals surface area contributed by atoms with Crippen molar-refractivity contribution in [3.8, 4) is 5.75 Å². The Labute approximate surface area is 185 Å². The van der Waals surface area contributed by atoms with Crippen LogP contribution in [0.1, 0.15) is 41.9 Å². The molecule has 3 aromatic rings. The SMILES string of the molecule is CCCNS(=O)(=O)c1ccc2c(C(=O)c3cc(Br)c(O)c(Br)c3)c(CC)oc2c1. The van der Waals surface area contributed by atoms with Crippen LogP contribution in [0, 0.1) is 0 Å². The summed E-state index contributed by atoms with van der Waals surface area (Å²) in [5.41, 5.74) is 1.08. The van der Waals surface area contributed by atoms with Gasteiger partial charge in [0, 0.05) is 30.0 Å². The molecule has 154 valence electrons. The van der Waals surface area contributed by atoms with Gasteiger partial charge in [0.25, 0.3) is 0 Å². The molecular formula is C20H19Br2NO5S. The van der Waals surface area contributed by atoms with E-state index in [0.29, 0.717) is 56.2 Å². The molecule has 29 heavy (non-hydrogen) atoms. The molecule has 0 bridgehead atoms. The Hall–Kier alpha value is -1.68. The second-order valence-corrected chi connectivity index (χ2v) is 9.90. The largest absolute Gasteiger partial charge is 0.506 e. The Balaban J connectivity index is 2.12. The summed E-state index contributed by atoms with van der Waals surface area (Å²) in [5, 5.41) is 10.4. The molecule has 0 aliphatic heterocycles. The van der Waals surface area contributed by atoms with E-state index in [2.05, 4.69) is 36.6 Å². The molecule has 0 radical (unpaired) electrons. The topological polar surface area (TPSA) is 96.6 Å². The molecule has 0 saturated carbocycles. The van der Waals surface area contributed by atoms with Gasteiger partial charge in [-0.05, 0) is 62.5 Å². The summed E-state index contributed by atoms with van der Waals surface area (Å²) >= 11 is 6.47. The quantitative estimate of drug-likeness (QED) is 0.401. The fourth-order valence-corrected chi connectivity index (χ4v) is 5.29. The van der Waals surface area contributed by atoms with Gasteiger partial charge in [0.15, 0.2) is 5.78 Å². The molecule has 0 atom stereocenters. The number of fused-ring (bicyclic) bond motifs is 1. The minimum absolute atomic E-state index is 0.00347. The second-order valence-electron chi connectivity index (χ2n) is 6.43. The summed E-state index contributed by atoms with van der Waals surface area (Å²) in [7, 11) is -3.65. The summed E-state index contributed by atoms with van der Waals surface area (Å²) in [5.74, 6) is 0.201. The van der Waals surface area contributed by atoms with Crippen LogP contribution in [-0.4, -0.2) is 25.9 Å². The number of rotatable bonds is 7. The van der Waals surface area contributed by atoms with Crippen molar-refractivity contribution in [2.75, 3.05) is 6.54 Å². The van der Waals surface area contributed by atoms with E-state index in [1.807, 2.05) is 13.8 Å². The van der Waals surface area contributed by atoms with E-state index in [0.717, 1.165) is 0 Å². The first kappa shape index (κ1) is 22.0. The molecule has 0 saturated heterocycles. The number of carbonyl (C=O) groups excluding carboxylic acids is 1. The third-order valence-corrected chi connectivity index (χ3v) is 7.08. The van der Waals surface area contributed by atoms with Gasteiger partial charge < -0.3 is 9.52 Å². The van der Waals surface area contributed by atoms with E-state index in [9.17, 15) is 18.3 Å². The van der Waals surface area contributed by atoms with Crippen molar-refractivity contribution in [3.05, 3.63) is 56.2 Å². The minimum Gasteiger partial charge on any atom is -0.506 e. The zero-order valence-corrected chi connectivity index (χ0v) is 19.7. The van der Waals surface area contributed by atoms with E-state index >= 15 is 0 Å². The lowest BCUT2D eigenvalue weighted by atomic mass is 9.99. The third-order valence-electron chi connectivity index (χ3n) is 4.41. The van der Waals surface area contributed by atoms with Crippen LogP contribution in [0.15, 0.2) is 48.6 Å². The highest BCUT2D eigenvalue weighted by Gasteiger charge is 2.24. The van der Waals surface area contributed by atoms with Crippen LogP contribution < -0.4 is 4.72 Å². The predicted octanol–water partition coefficient (Wildman–Crippen LogP) is 5.15. The molecular weight excluding hydrogens is 526 g/mol. The number of sulfonamides is 1. The number of phenolic OH excluding ortho intramolecular Hbond substituents is 1. The van der Waals surface area contributed by atoms with E-state index in [4.69, 9.17) is 4.42 Å². The van der Waals surface area contributed by atoms with Crippen LogP contribution in [0.5, 0.6) is 5.75 Å². The molecule has 1 aromatic heterocycles. The summed E-state index contributed by atoms with van der Waals surface area (Å²) < 4.78 is 33.9. The Morgan fingerprint density at radius 2 is 1.79 bits per heavy atom.